The number of likely N-dealkylation sites (N-methyl/N-ethyl adjacent to an activating group) is 1. The van der Waals surface area contributed by atoms with Crippen LogP contribution in [0.25, 0.3) is 0 Å². The van der Waals surface area contributed by atoms with Gasteiger partial charge in [-0.05, 0) is 31.6 Å². The van der Waals surface area contributed by atoms with Crippen LogP contribution in [0.4, 0.5) is 0 Å². The van der Waals surface area contributed by atoms with Crippen molar-refractivity contribution in [1.82, 2.24) is 4.90 Å². The quantitative estimate of drug-likeness (QED) is 0.821. The zero-order chi connectivity index (χ0) is 13.1. The van der Waals surface area contributed by atoms with Gasteiger partial charge in [0.25, 0.3) is 5.91 Å². The van der Waals surface area contributed by atoms with Crippen molar-refractivity contribution in [3.63, 3.8) is 0 Å². The summed E-state index contributed by atoms with van der Waals surface area (Å²) in [6.45, 7) is 0.774. The first kappa shape index (κ1) is 13.3. The summed E-state index contributed by atoms with van der Waals surface area (Å²) in [7, 11) is 1.79. The number of carbonyl (C=O) groups is 2. The zero-order valence-corrected chi connectivity index (χ0v) is 10.8. The van der Waals surface area contributed by atoms with Crippen LogP contribution in [0.15, 0.2) is 0 Å². The third kappa shape index (κ3) is 3.02. The van der Waals surface area contributed by atoms with Crippen LogP contribution in [0.3, 0.4) is 0 Å². The molecule has 0 spiro atoms. The molecule has 18 heavy (non-hydrogen) atoms. The van der Waals surface area contributed by atoms with Gasteiger partial charge in [0.15, 0.2) is 6.10 Å². The van der Waals surface area contributed by atoms with Crippen LogP contribution in [-0.2, 0) is 14.3 Å². The van der Waals surface area contributed by atoms with Gasteiger partial charge in [0, 0.05) is 13.6 Å². The number of carbonyl (C=O) groups excluding carboxylic acids is 1. The molecular weight excluding hydrogens is 234 g/mol. The Bertz CT molecular complexity index is 325. The van der Waals surface area contributed by atoms with Crippen molar-refractivity contribution in [1.29, 1.82) is 0 Å². The van der Waals surface area contributed by atoms with Crippen molar-refractivity contribution in [2.45, 2.75) is 50.7 Å². The average molecular weight is 255 g/mol. The number of amides is 1. The summed E-state index contributed by atoms with van der Waals surface area (Å²) in [5.74, 6) is -0.426. The minimum Gasteiger partial charge on any atom is -0.479 e. The number of ether oxygens (including phenoxy) is 1. The maximum absolute atomic E-state index is 12.1. The van der Waals surface area contributed by atoms with Crippen molar-refractivity contribution in [3.05, 3.63) is 0 Å². The van der Waals surface area contributed by atoms with Gasteiger partial charge < -0.3 is 14.7 Å². The summed E-state index contributed by atoms with van der Waals surface area (Å²) in [5, 5.41) is 8.83. The lowest BCUT2D eigenvalue weighted by atomic mass is 10.1. The Morgan fingerprint density at radius 2 is 1.78 bits per heavy atom. The molecule has 1 aliphatic carbocycles. The van der Waals surface area contributed by atoms with Crippen molar-refractivity contribution < 1.29 is 19.4 Å². The van der Waals surface area contributed by atoms with Crippen LogP contribution < -0.4 is 0 Å². The van der Waals surface area contributed by atoms with Gasteiger partial charge in [-0.25, -0.2) is 4.79 Å². The summed E-state index contributed by atoms with van der Waals surface area (Å²) in [5.41, 5.74) is 0. The zero-order valence-electron chi connectivity index (χ0n) is 10.8. The summed E-state index contributed by atoms with van der Waals surface area (Å²) < 4.78 is 5.28. The second kappa shape index (κ2) is 5.69. The highest BCUT2D eigenvalue weighted by Crippen LogP contribution is 2.26. The molecule has 0 radical (unpaired) electrons. The predicted octanol–water partition coefficient (Wildman–Crippen LogP) is 1.27. The molecule has 2 fully saturated rings. The van der Waals surface area contributed by atoms with E-state index in [0.717, 1.165) is 6.54 Å². The Labute approximate surface area is 107 Å². The third-order valence-corrected chi connectivity index (χ3v) is 3.95. The van der Waals surface area contributed by atoms with Crippen molar-refractivity contribution in [3.8, 4) is 0 Å². The molecule has 1 aliphatic heterocycles. The van der Waals surface area contributed by atoms with E-state index < -0.39 is 18.2 Å². The van der Waals surface area contributed by atoms with E-state index in [0.29, 0.717) is 18.8 Å². The minimum absolute atomic E-state index is 0.0642. The molecule has 1 amide bonds. The number of aliphatic carboxylic acids is 1. The predicted molar refractivity (Wildman–Crippen MR) is 65.1 cm³/mol. The second-order valence-electron chi connectivity index (χ2n) is 5.40. The van der Waals surface area contributed by atoms with Crippen LogP contribution in [0.2, 0.25) is 0 Å². The Hall–Kier alpha value is -1.10. The van der Waals surface area contributed by atoms with Crippen molar-refractivity contribution in [2.75, 3.05) is 13.6 Å². The lowest BCUT2D eigenvalue weighted by Gasteiger charge is -2.23. The molecule has 1 N–H and O–H groups in total. The minimum atomic E-state index is -0.969. The molecule has 0 aromatic carbocycles. The molecule has 102 valence electrons. The first-order valence-electron chi connectivity index (χ1n) is 6.71. The van der Waals surface area contributed by atoms with Gasteiger partial charge in [0.1, 0.15) is 6.10 Å². The van der Waals surface area contributed by atoms with Crippen LogP contribution in [0.5, 0.6) is 0 Å². The molecule has 1 heterocycles. The lowest BCUT2D eigenvalue weighted by Crippen LogP contribution is -2.39. The van der Waals surface area contributed by atoms with E-state index in [9.17, 15) is 9.59 Å². The van der Waals surface area contributed by atoms with Gasteiger partial charge in [-0.15, -0.1) is 0 Å². The fourth-order valence-electron chi connectivity index (χ4n) is 2.92. The standard InChI is InChI=1S/C13H21NO4/c1-14(8-9-4-2-3-5-9)12(15)10-6-7-11(18-10)13(16)17/h9-11H,2-8H2,1H3,(H,16,17)/t10-,11+/m0/s1. The number of hydrogen-bond acceptors (Lipinski definition) is 3. The van der Waals surface area contributed by atoms with E-state index in [1.165, 1.54) is 25.7 Å². The van der Waals surface area contributed by atoms with Crippen LogP contribution in [-0.4, -0.2) is 47.7 Å². The fourth-order valence-corrected chi connectivity index (χ4v) is 2.92. The second-order valence-corrected chi connectivity index (χ2v) is 5.40. The topological polar surface area (TPSA) is 66.8 Å². The van der Waals surface area contributed by atoms with Crippen molar-refractivity contribution in [2.24, 2.45) is 5.92 Å². The maximum Gasteiger partial charge on any atom is 0.332 e. The van der Waals surface area contributed by atoms with Gasteiger partial charge in [0.2, 0.25) is 0 Å². The van der Waals surface area contributed by atoms with E-state index in [4.69, 9.17) is 9.84 Å². The van der Waals surface area contributed by atoms with Gasteiger partial charge in [0.05, 0.1) is 0 Å². The molecule has 0 aromatic rings. The average Bonchev–Trinajstić information content (AvgIpc) is 2.98. The molecule has 0 aromatic heterocycles. The fraction of sp³-hybridized carbons (Fsp3) is 0.846. The smallest absolute Gasteiger partial charge is 0.332 e. The highest BCUT2D eigenvalue weighted by molar-refractivity contribution is 5.82. The maximum atomic E-state index is 12.1. The molecule has 5 heteroatoms. The molecular formula is C13H21NO4. The SMILES string of the molecule is CN(CC1CCCC1)C(=O)[C@@H]1CC[C@H](C(=O)O)O1. The van der Waals surface area contributed by atoms with Gasteiger partial charge in [-0.3, -0.25) is 4.79 Å². The van der Waals surface area contributed by atoms with Crippen molar-refractivity contribution >= 4 is 11.9 Å². The van der Waals surface area contributed by atoms with Gasteiger partial charge in [-0.2, -0.15) is 0 Å². The van der Waals surface area contributed by atoms with E-state index >= 15 is 0 Å². The van der Waals surface area contributed by atoms with Crippen LogP contribution in [0.1, 0.15) is 38.5 Å². The molecule has 2 aliphatic rings. The van der Waals surface area contributed by atoms with E-state index in [1.807, 2.05) is 0 Å². The Morgan fingerprint density at radius 3 is 2.33 bits per heavy atom. The number of rotatable bonds is 4. The first-order chi connectivity index (χ1) is 8.58. The molecule has 1 saturated carbocycles. The molecule has 2 atom stereocenters. The normalized spacial score (nSPS) is 28.5. The Kier molecular flexibility index (Phi) is 4.22. The molecule has 0 bridgehead atoms. The monoisotopic (exact) mass is 255 g/mol. The molecule has 0 unspecified atom stereocenters. The van der Waals surface area contributed by atoms with E-state index in [2.05, 4.69) is 0 Å². The molecule has 5 nitrogen and oxygen atoms in total. The van der Waals surface area contributed by atoms with Gasteiger partial charge in [-0.1, -0.05) is 12.8 Å². The number of nitrogens with zero attached hydrogens (tertiary/aromatic N) is 1. The van der Waals surface area contributed by atoms with Crippen LogP contribution in [0, 0.1) is 5.92 Å². The summed E-state index contributed by atoms with van der Waals surface area (Å²) >= 11 is 0. The summed E-state index contributed by atoms with van der Waals surface area (Å²) in [6, 6.07) is 0. The summed E-state index contributed by atoms with van der Waals surface area (Å²) in [6.07, 6.45) is 4.49. The first-order valence-corrected chi connectivity index (χ1v) is 6.71. The number of hydrogen-bond donors (Lipinski definition) is 1. The highest BCUT2D eigenvalue weighted by Gasteiger charge is 2.36. The van der Waals surface area contributed by atoms with Gasteiger partial charge >= 0.3 is 5.97 Å². The molecule has 1 saturated heterocycles. The van der Waals surface area contributed by atoms with E-state index in [-0.39, 0.29) is 5.91 Å². The largest absolute Gasteiger partial charge is 0.479 e. The van der Waals surface area contributed by atoms with Crippen LogP contribution >= 0.6 is 0 Å². The number of carboxylic acids is 1. The number of carboxylic acid groups (broad SMARTS) is 1. The Morgan fingerprint density at radius 1 is 1.17 bits per heavy atom. The van der Waals surface area contributed by atoms with E-state index in [1.54, 1.807) is 11.9 Å². The lowest BCUT2D eigenvalue weighted by molar-refractivity contribution is -0.154. The third-order valence-electron chi connectivity index (χ3n) is 3.95. The highest BCUT2D eigenvalue weighted by atomic mass is 16.5. The molecule has 2 rings (SSSR count). The summed E-state index contributed by atoms with van der Waals surface area (Å²) in [4.78, 5) is 24.6. The Balaban J connectivity index is 1.81.